The number of aryl methyl sites for hydroxylation is 1. The van der Waals surface area contributed by atoms with Gasteiger partial charge in [-0.1, -0.05) is 0 Å². The molecule has 0 radical (unpaired) electrons. The van der Waals surface area contributed by atoms with Crippen LogP contribution in [0.15, 0.2) is 42.7 Å². The van der Waals surface area contributed by atoms with Crippen molar-refractivity contribution in [2.24, 2.45) is 0 Å². The molecule has 0 spiro atoms. The van der Waals surface area contributed by atoms with Crippen LogP contribution in [0.4, 0.5) is 13.2 Å². The highest BCUT2D eigenvalue weighted by Crippen LogP contribution is 2.30. The molecule has 0 unspecified atom stereocenters. The Kier molecular flexibility index (Phi) is 5.20. The minimum absolute atomic E-state index is 0.200. The number of hydrogen-bond acceptors (Lipinski definition) is 3. The zero-order chi connectivity index (χ0) is 16.9. The monoisotopic (exact) mass is 324 g/mol. The van der Waals surface area contributed by atoms with E-state index in [0.29, 0.717) is 6.54 Å². The Bertz CT molecular complexity index is 670. The quantitative estimate of drug-likeness (QED) is 0.919. The lowest BCUT2D eigenvalue weighted by Crippen LogP contribution is -2.28. The van der Waals surface area contributed by atoms with Crippen LogP contribution in [0.5, 0.6) is 5.75 Å². The van der Waals surface area contributed by atoms with Gasteiger partial charge in [-0.15, -0.1) is 0 Å². The number of pyridine rings is 1. The van der Waals surface area contributed by atoms with Crippen molar-refractivity contribution in [3.8, 4) is 5.75 Å². The molecule has 0 saturated carbocycles. The van der Waals surface area contributed by atoms with Gasteiger partial charge in [-0.25, -0.2) is 0 Å². The summed E-state index contributed by atoms with van der Waals surface area (Å²) in [6, 6.07) is 6.02. The van der Waals surface area contributed by atoms with E-state index < -0.39 is 11.7 Å². The summed E-state index contributed by atoms with van der Waals surface area (Å²) in [5, 5.41) is 2.66. The molecule has 1 aromatic heterocycles. The van der Waals surface area contributed by atoms with E-state index in [2.05, 4.69) is 10.3 Å². The second kappa shape index (κ2) is 7.13. The third-order valence-corrected chi connectivity index (χ3v) is 3.18. The number of benzene rings is 1. The van der Waals surface area contributed by atoms with Crippen LogP contribution in [0.1, 0.15) is 16.7 Å². The molecule has 122 valence electrons. The molecule has 0 saturated heterocycles. The number of alkyl halides is 3. The van der Waals surface area contributed by atoms with Gasteiger partial charge in [0.05, 0.1) is 5.56 Å². The maximum atomic E-state index is 12.4. The lowest BCUT2D eigenvalue weighted by Gasteiger charge is -2.10. The second-order valence-corrected chi connectivity index (χ2v) is 4.89. The molecule has 0 fully saturated rings. The van der Waals surface area contributed by atoms with Crippen molar-refractivity contribution >= 4 is 5.91 Å². The number of amides is 1. The molecule has 1 heterocycles. The third kappa shape index (κ3) is 4.98. The van der Waals surface area contributed by atoms with Gasteiger partial charge < -0.3 is 10.1 Å². The predicted molar refractivity (Wildman–Crippen MR) is 77.8 cm³/mol. The highest BCUT2D eigenvalue weighted by Gasteiger charge is 2.30. The number of nitrogens with one attached hydrogen (secondary N) is 1. The van der Waals surface area contributed by atoms with Crippen molar-refractivity contribution in [1.82, 2.24) is 10.3 Å². The van der Waals surface area contributed by atoms with E-state index in [9.17, 15) is 18.0 Å². The molecule has 0 bridgehead atoms. The average molecular weight is 324 g/mol. The third-order valence-electron chi connectivity index (χ3n) is 3.18. The van der Waals surface area contributed by atoms with Crippen molar-refractivity contribution in [2.45, 2.75) is 19.6 Å². The highest BCUT2D eigenvalue weighted by molar-refractivity contribution is 5.77. The summed E-state index contributed by atoms with van der Waals surface area (Å²) >= 11 is 0. The van der Waals surface area contributed by atoms with Crippen LogP contribution < -0.4 is 10.1 Å². The van der Waals surface area contributed by atoms with Crippen LogP contribution in [-0.2, 0) is 17.5 Å². The first-order valence-corrected chi connectivity index (χ1v) is 6.82. The van der Waals surface area contributed by atoms with Gasteiger partial charge in [0.1, 0.15) is 5.75 Å². The van der Waals surface area contributed by atoms with Gasteiger partial charge in [0, 0.05) is 18.9 Å². The first-order valence-electron chi connectivity index (χ1n) is 6.82. The average Bonchev–Trinajstić information content (AvgIpc) is 2.51. The normalized spacial score (nSPS) is 11.1. The molecule has 0 aliphatic rings. The smallest absolute Gasteiger partial charge is 0.416 e. The maximum absolute atomic E-state index is 12.4. The molecule has 7 heteroatoms. The van der Waals surface area contributed by atoms with E-state index in [0.717, 1.165) is 23.3 Å². The van der Waals surface area contributed by atoms with Crippen LogP contribution >= 0.6 is 0 Å². The van der Waals surface area contributed by atoms with E-state index in [1.807, 2.05) is 13.0 Å². The molecule has 1 amide bonds. The number of ether oxygens (including phenoxy) is 1. The predicted octanol–water partition coefficient (Wildman–Crippen LogP) is 3.10. The van der Waals surface area contributed by atoms with E-state index in [4.69, 9.17) is 4.74 Å². The number of carbonyl (C=O) groups excluding carboxylic acids is 1. The van der Waals surface area contributed by atoms with Crippen molar-refractivity contribution < 1.29 is 22.7 Å². The van der Waals surface area contributed by atoms with Crippen molar-refractivity contribution in [3.63, 3.8) is 0 Å². The van der Waals surface area contributed by atoms with Gasteiger partial charge in [0.15, 0.2) is 6.61 Å². The van der Waals surface area contributed by atoms with Gasteiger partial charge in [-0.3, -0.25) is 9.78 Å². The van der Waals surface area contributed by atoms with Crippen molar-refractivity contribution in [3.05, 3.63) is 59.4 Å². The van der Waals surface area contributed by atoms with Crippen molar-refractivity contribution in [1.29, 1.82) is 0 Å². The Labute approximate surface area is 131 Å². The van der Waals surface area contributed by atoms with Crippen LogP contribution in [-0.4, -0.2) is 17.5 Å². The lowest BCUT2D eigenvalue weighted by molar-refractivity contribution is -0.137. The topological polar surface area (TPSA) is 51.2 Å². The van der Waals surface area contributed by atoms with E-state index >= 15 is 0 Å². The van der Waals surface area contributed by atoms with Gasteiger partial charge >= 0.3 is 6.18 Å². The number of hydrogen-bond donors (Lipinski definition) is 1. The fraction of sp³-hybridized carbons (Fsp3) is 0.250. The molecule has 0 aliphatic heterocycles. The number of halogens is 3. The zero-order valence-electron chi connectivity index (χ0n) is 12.4. The summed E-state index contributed by atoms with van der Waals surface area (Å²) in [7, 11) is 0. The zero-order valence-corrected chi connectivity index (χ0v) is 12.4. The Morgan fingerprint density at radius 3 is 2.52 bits per heavy atom. The molecule has 0 atom stereocenters. The minimum Gasteiger partial charge on any atom is -0.484 e. The standard InChI is InChI=1S/C16H15F3N2O2/c1-11-6-7-20-8-12(11)9-21-15(22)10-23-14-4-2-13(3-5-14)16(17,18)19/h2-8H,9-10H2,1H3,(H,21,22). The van der Waals surface area contributed by atoms with Crippen LogP contribution in [0, 0.1) is 6.92 Å². The van der Waals surface area contributed by atoms with Gasteiger partial charge in [-0.05, 0) is 48.4 Å². The van der Waals surface area contributed by atoms with Gasteiger partial charge in [0.2, 0.25) is 0 Å². The van der Waals surface area contributed by atoms with Crippen molar-refractivity contribution in [2.75, 3.05) is 6.61 Å². The minimum atomic E-state index is -4.39. The summed E-state index contributed by atoms with van der Waals surface area (Å²) in [5.74, 6) is -0.168. The SMILES string of the molecule is Cc1ccncc1CNC(=O)COc1ccc(C(F)(F)F)cc1. The molecule has 23 heavy (non-hydrogen) atoms. The summed E-state index contributed by atoms with van der Waals surface area (Å²) in [6.45, 7) is 1.95. The molecular formula is C16H15F3N2O2. The summed E-state index contributed by atoms with van der Waals surface area (Å²) in [5.41, 5.74) is 1.13. The van der Waals surface area contributed by atoms with E-state index in [1.54, 1.807) is 12.4 Å². The Morgan fingerprint density at radius 1 is 1.22 bits per heavy atom. The summed E-state index contributed by atoms with van der Waals surface area (Å²) in [6.07, 6.45) is -1.07. The Morgan fingerprint density at radius 2 is 1.91 bits per heavy atom. The number of nitrogens with zero attached hydrogens (tertiary/aromatic N) is 1. The van der Waals surface area contributed by atoms with Gasteiger partial charge in [0.25, 0.3) is 5.91 Å². The Hall–Kier alpha value is -2.57. The summed E-state index contributed by atoms with van der Waals surface area (Å²) < 4.78 is 42.4. The number of carbonyl (C=O) groups is 1. The summed E-state index contributed by atoms with van der Waals surface area (Å²) in [4.78, 5) is 15.7. The van der Waals surface area contributed by atoms with Gasteiger partial charge in [-0.2, -0.15) is 13.2 Å². The fourth-order valence-corrected chi connectivity index (χ4v) is 1.82. The fourth-order valence-electron chi connectivity index (χ4n) is 1.82. The number of aromatic nitrogens is 1. The van der Waals surface area contributed by atoms with E-state index in [1.165, 1.54) is 12.1 Å². The first-order chi connectivity index (χ1) is 10.9. The lowest BCUT2D eigenvalue weighted by atomic mass is 10.1. The second-order valence-electron chi connectivity index (χ2n) is 4.89. The molecule has 2 rings (SSSR count). The molecule has 1 N–H and O–H groups in total. The molecule has 0 aliphatic carbocycles. The largest absolute Gasteiger partial charge is 0.484 e. The first kappa shape index (κ1) is 16.8. The molecular weight excluding hydrogens is 309 g/mol. The van der Waals surface area contributed by atoms with E-state index in [-0.39, 0.29) is 18.3 Å². The van der Waals surface area contributed by atoms with Crippen LogP contribution in [0.3, 0.4) is 0 Å². The Balaban J connectivity index is 1.81. The maximum Gasteiger partial charge on any atom is 0.416 e. The van der Waals surface area contributed by atoms with Crippen LogP contribution in [0.2, 0.25) is 0 Å². The van der Waals surface area contributed by atoms with Crippen LogP contribution in [0.25, 0.3) is 0 Å². The molecule has 2 aromatic rings. The highest BCUT2D eigenvalue weighted by atomic mass is 19.4. The number of rotatable bonds is 5. The molecule has 4 nitrogen and oxygen atoms in total. The molecule has 1 aromatic carbocycles.